The lowest BCUT2D eigenvalue weighted by atomic mass is 9.88. The molecule has 0 N–H and O–H groups in total. The van der Waals surface area contributed by atoms with Crippen LogP contribution in [0.1, 0.15) is 31.2 Å². The molecule has 1 amide bonds. The minimum atomic E-state index is -0.906. The summed E-state index contributed by atoms with van der Waals surface area (Å²) in [6, 6.07) is 4.83. The molecule has 2 heterocycles. The Morgan fingerprint density at radius 1 is 1.30 bits per heavy atom. The molecule has 0 bridgehead atoms. The molecule has 0 unspecified atom stereocenters. The Labute approximate surface area is 137 Å². The molecule has 1 fully saturated rings. The molecule has 0 radical (unpaired) electrons. The van der Waals surface area contributed by atoms with Gasteiger partial charge in [0, 0.05) is 13.1 Å². The number of amides is 1. The first kappa shape index (κ1) is 14.5. The summed E-state index contributed by atoms with van der Waals surface area (Å²) in [5, 5.41) is 4.12. The lowest BCUT2D eigenvalue weighted by Gasteiger charge is -2.40. The summed E-state index contributed by atoms with van der Waals surface area (Å²) in [7, 11) is 1.72. The van der Waals surface area contributed by atoms with Crippen molar-refractivity contribution < 1.29 is 13.9 Å². The molecule has 7 heteroatoms. The highest BCUT2D eigenvalue weighted by Gasteiger charge is 2.50. The summed E-state index contributed by atoms with van der Waals surface area (Å²) < 4.78 is 22.1. The van der Waals surface area contributed by atoms with Crippen molar-refractivity contribution in [2.45, 2.75) is 31.3 Å². The van der Waals surface area contributed by atoms with Gasteiger partial charge in [-0.15, -0.1) is 0 Å². The van der Waals surface area contributed by atoms with Gasteiger partial charge in [0.05, 0.1) is 22.5 Å². The Kier molecular flexibility index (Phi) is 3.13. The van der Waals surface area contributed by atoms with Crippen LogP contribution in [0.15, 0.2) is 24.4 Å². The topological polar surface area (TPSA) is 47.4 Å². The first-order chi connectivity index (χ1) is 11.0. The molecule has 4 rings (SSSR count). The first-order valence-electron chi connectivity index (χ1n) is 7.53. The number of aromatic nitrogens is 2. The molecule has 1 aliphatic carbocycles. The number of anilines is 2. The van der Waals surface area contributed by atoms with Crippen molar-refractivity contribution in [1.82, 2.24) is 9.78 Å². The summed E-state index contributed by atoms with van der Waals surface area (Å²) in [5.41, 5.74) is -0.0480. The van der Waals surface area contributed by atoms with E-state index >= 15 is 0 Å². The normalized spacial score (nSPS) is 19.1. The van der Waals surface area contributed by atoms with Crippen molar-refractivity contribution >= 4 is 29.2 Å². The summed E-state index contributed by atoms with van der Waals surface area (Å²) >= 11 is 6.00. The van der Waals surface area contributed by atoms with E-state index in [0.717, 1.165) is 12.8 Å². The highest BCUT2D eigenvalue weighted by atomic mass is 35.5. The van der Waals surface area contributed by atoms with E-state index < -0.39 is 17.5 Å². The second kappa shape index (κ2) is 4.96. The lowest BCUT2D eigenvalue weighted by Crippen LogP contribution is -2.44. The van der Waals surface area contributed by atoms with Crippen molar-refractivity contribution in [3.63, 3.8) is 0 Å². The smallest absolute Gasteiger partial charge is 0.421 e. The van der Waals surface area contributed by atoms with Gasteiger partial charge in [-0.05, 0) is 37.8 Å². The quantitative estimate of drug-likeness (QED) is 0.782. The van der Waals surface area contributed by atoms with Gasteiger partial charge in [-0.1, -0.05) is 11.6 Å². The molecule has 1 aromatic carbocycles. The Hall–Kier alpha value is -2.08. The van der Waals surface area contributed by atoms with Crippen molar-refractivity contribution in [3.05, 3.63) is 40.8 Å². The van der Waals surface area contributed by atoms with E-state index in [1.54, 1.807) is 30.1 Å². The maximum absolute atomic E-state index is 14.9. The minimum absolute atomic E-state index is 0.0398. The van der Waals surface area contributed by atoms with Gasteiger partial charge in [0.2, 0.25) is 0 Å². The van der Waals surface area contributed by atoms with Gasteiger partial charge in [-0.2, -0.15) is 5.10 Å². The van der Waals surface area contributed by atoms with Crippen molar-refractivity contribution in [2.24, 2.45) is 7.05 Å². The molecule has 5 nitrogen and oxygen atoms in total. The molecule has 2 aromatic rings. The average Bonchev–Trinajstić information content (AvgIpc) is 3.13. The van der Waals surface area contributed by atoms with Gasteiger partial charge < -0.3 is 4.74 Å². The van der Waals surface area contributed by atoms with Gasteiger partial charge in [0.1, 0.15) is 11.4 Å². The molecule has 120 valence electrons. The second-order valence-electron chi connectivity index (χ2n) is 5.97. The third-order valence-corrected chi connectivity index (χ3v) is 4.96. The van der Waals surface area contributed by atoms with Crippen LogP contribution in [0.3, 0.4) is 0 Å². The van der Waals surface area contributed by atoms with Crippen molar-refractivity contribution in [1.29, 1.82) is 0 Å². The molecule has 1 saturated carbocycles. The number of benzene rings is 1. The van der Waals surface area contributed by atoms with E-state index in [4.69, 9.17) is 16.3 Å². The fraction of sp³-hybridized carbons (Fsp3) is 0.375. The SMILES string of the molecule is Cn1nccc1N1C(=O)OC2(CCCC2)c2c1ccc(Cl)c2F. The predicted octanol–water partition coefficient (Wildman–Crippen LogP) is 4.27. The van der Waals surface area contributed by atoms with Crippen LogP contribution in [0.2, 0.25) is 5.02 Å². The Bertz CT molecular complexity index is 799. The number of hydrogen-bond donors (Lipinski definition) is 0. The van der Waals surface area contributed by atoms with E-state index in [-0.39, 0.29) is 5.02 Å². The summed E-state index contributed by atoms with van der Waals surface area (Å²) in [6.07, 6.45) is 4.08. The zero-order valence-corrected chi connectivity index (χ0v) is 13.3. The average molecular weight is 336 g/mol. The molecule has 0 atom stereocenters. The Morgan fingerprint density at radius 2 is 2.04 bits per heavy atom. The fourth-order valence-electron chi connectivity index (χ4n) is 3.62. The molecular formula is C16H15ClFN3O2. The molecule has 1 aliphatic heterocycles. The number of aryl methyl sites for hydroxylation is 1. The van der Waals surface area contributed by atoms with Crippen LogP contribution in [0.5, 0.6) is 0 Å². The van der Waals surface area contributed by atoms with Gasteiger partial charge in [0.25, 0.3) is 0 Å². The lowest BCUT2D eigenvalue weighted by molar-refractivity contribution is 0.00983. The Morgan fingerprint density at radius 3 is 2.70 bits per heavy atom. The molecule has 23 heavy (non-hydrogen) atoms. The molecule has 0 saturated heterocycles. The van der Waals surface area contributed by atoms with Crippen molar-refractivity contribution in [3.8, 4) is 0 Å². The molecule has 1 spiro atoms. The van der Waals surface area contributed by atoms with Crippen molar-refractivity contribution in [2.75, 3.05) is 4.90 Å². The number of fused-ring (bicyclic) bond motifs is 2. The largest absolute Gasteiger partial charge is 0.437 e. The molecule has 2 aliphatic rings. The highest BCUT2D eigenvalue weighted by molar-refractivity contribution is 6.31. The summed E-state index contributed by atoms with van der Waals surface area (Å²) in [4.78, 5) is 14.0. The van der Waals surface area contributed by atoms with Crippen LogP contribution in [0, 0.1) is 5.82 Å². The first-order valence-corrected chi connectivity index (χ1v) is 7.91. The van der Waals surface area contributed by atoms with E-state index in [0.29, 0.717) is 29.9 Å². The third kappa shape index (κ3) is 1.97. The van der Waals surface area contributed by atoms with Gasteiger partial charge in [0.15, 0.2) is 5.82 Å². The monoisotopic (exact) mass is 335 g/mol. The Balaban J connectivity index is 1.98. The molecule has 1 aromatic heterocycles. The van der Waals surface area contributed by atoms with Crippen LogP contribution in [0.25, 0.3) is 0 Å². The number of carbonyl (C=O) groups is 1. The van der Waals surface area contributed by atoms with E-state index in [9.17, 15) is 9.18 Å². The van der Waals surface area contributed by atoms with Gasteiger partial charge in [-0.3, -0.25) is 4.68 Å². The zero-order chi connectivity index (χ0) is 16.2. The summed E-state index contributed by atoms with van der Waals surface area (Å²) in [5.74, 6) is 0.0107. The van der Waals surface area contributed by atoms with Crippen LogP contribution in [0.4, 0.5) is 20.7 Å². The number of nitrogens with zero attached hydrogens (tertiary/aromatic N) is 3. The minimum Gasteiger partial charge on any atom is -0.437 e. The highest BCUT2D eigenvalue weighted by Crippen LogP contribution is 2.52. The molecular weight excluding hydrogens is 321 g/mol. The number of halogens is 2. The predicted molar refractivity (Wildman–Crippen MR) is 83.4 cm³/mol. The maximum Gasteiger partial charge on any atom is 0.421 e. The van der Waals surface area contributed by atoms with Gasteiger partial charge >= 0.3 is 6.09 Å². The zero-order valence-electron chi connectivity index (χ0n) is 12.6. The number of rotatable bonds is 1. The fourth-order valence-corrected chi connectivity index (χ4v) is 3.78. The van der Waals surface area contributed by atoms with Crippen LogP contribution in [-0.2, 0) is 17.4 Å². The van der Waals surface area contributed by atoms with Crippen LogP contribution >= 0.6 is 11.6 Å². The maximum atomic E-state index is 14.9. The number of ether oxygens (including phenoxy) is 1. The van der Waals surface area contributed by atoms with E-state index in [1.165, 1.54) is 11.0 Å². The van der Waals surface area contributed by atoms with E-state index in [1.807, 2.05) is 0 Å². The third-order valence-electron chi connectivity index (χ3n) is 4.67. The standard InChI is InChI=1S/C16H15ClFN3O2/c1-20-12(6-9-19-20)21-11-5-4-10(17)14(18)13(11)16(23-15(21)22)7-2-3-8-16/h4-6,9H,2-3,7-8H2,1H3. The summed E-state index contributed by atoms with van der Waals surface area (Å²) in [6.45, 7) is 0. The van der Waals surface area contributed by atoms with Gasteiger partial charge in [-0.25, -0.2) is 14.1 Å². The van der Waals surface area contributed by atoms with Crippen LogP contribution in [-0.4, -0.2) is 15.9 Å². The van der Waals surface area contributed by atoms with E-state index in [2.05, 4.69) is 5.10 Å². The van der Waals surface area contributed by atoms with Crippen LogP contribution < -0.4 is 4.90 Å². The second-order valence-corrected chi connectivity index (χ2v) is 6.38. The number of carbonyl (C=O) groups excluding carboxylic acids is 1. The number of hydrogen-bond acceptors (Lipinski definition) is 3.